The summed E-state index contributed by atoms with van der Waals surface area (Å²) in [6.45, 7) is 3.07. The van der Waals surface area contributed by atoms with Crippen LogP contribution in [-0.4, -0.2) is 61.1 Å². The summed E-state index contributed by atoms with van der Waals surface area (Å²) >= 11 is 0. The Morgan fingerprint density at radius 2 is 1.61 bits per heavy atom. The Morgan fingerprint density at radius 1 is 1.10 bits per heavy atom. The molecule has 0 aromatic heterocycles. The largest absolute Gasteiger partial charge is 0.466 e. The minimum absolute atomic E-state index is 0.159. The molecule has 0 aliphatic carbocycles. The summed E-state index contributed by atoms with van der Waals surface area (Å²) in [6.07, 6.45) is -7.73. The van der Waals surface area contributed by atoms with E-state index in [4.69, 9.17) is 4.55 Å². The highest BCUT2D eigenvalue weighted by molar-refractivity contribution is 7.87. The molecule has 0 aliphatic heterocycles. The summed E-state index contributed by atoms with van der Waals surface area (Å²) in [5.74, 6) is -14.1. The van der Waals surface area contributed by atoms with Crippen molar-refractivity contribution in [2.45, 2.75) is 56.3 Å². The highest BCUT2D eigenvalue weighted by Gasteiger charge is 2.68. The molecule has 2 N–H and O–H groups in total. The molecule has 1 unspecified atom stereocenters. The molecule has 0 aromatic rings. The highest BCUT2D eigenvalue weighted by Crippen LogP contribution is 2.42. The van der Waals surface area contributed by atoms with Gasteiger partial charge in [-0.3, -0.25) is 9.35 Å². The fourth-order valence-electron chi connectivity index (χ4n) is 1.78. The van der Waals surface area contributed by atoms with Crippen LogP contribution in [-0.2, 0) is 29.2 Å². The zero-order chi connectivity index (χ0) is 24.9. The second kappa shape index (κ2) is 10.1. The van der Waals surface area contributed by atoms with Crippen molar-refractivity contribution in [2.75, 3.05) is 13.2 Å². The number of carbonyl (C=O) groups is 2. The summed E-state index contributed by atoms with van der Waals surface area (Å²) in [5, 5.41) is -4.37. The van der Waals surface area contributed by atoms with Gasteiger partial charge in [0.05, 0.1) is 6.61 Å². The molecule has 8 nitrogen and oxygen atoms in total. The third kappa shape index (κ3) is 6.77. The third-order valence-corrected chi connectivity index (χ3v) is 4.49. The standard InChI is InChI=1S/C15H20F7NO7S/c1-4-5-7-23-11(25)13(14(18,19)20,30-10(24)9(2)3)29-8-6-12(16,17)15(21,22)31(26,27)28/h2,4-8H2,1,3H3,(H,23,25)(H,26,27,28). The van der Waals surface area contributed by atoms with Gasteiger partial charge >= 0.3 is 45.1 Å². The quantitative estimate of drug-likeness (QED) is 0.108. The first-order chi connectivity index (χ1) is 13.8. The van der Waals surface area contributed by atoms with Gasteiger partial charge in [-0.05, 0) is 13.3 Å². The van der Waals surface area contributed by atoms with Crippen LogP contribution < -0.4 is 5.32 Å². The molecular weight excluding hydrogens is 471 g/mol. The molecule has 0 saturated heterocycles. The van der Waals surface area contributed by atoms with Crippen LogP contribution in [0.25, 0.3) is 0 Å². The van der Waals surface area contributed by atoms with Gasteiger partial charge in [-0.2, -0.15) is 39.2 Å². The third-order valence-electron chi connectivity index (χ3n) is 3.54. The number of rotatable bonds is 12. The average molecular weight is 491 g/mol. The van der Waals surface area contributed by atoms with Gasteiger partial charge in [-0.25, -0.2) is 4.79 Å². The SMILES string of the molecule is C=C(C)C(=O)OC(OCCC(F)(F)C(F)(F)S(=O)(=O)O)(C(=O)NCCCC)C(F)(F)F. The molecule has 31 heavy (non-hydrogen) atoms. The van der Waals surface area contributed by atoms with E-state index in [1.165, 1.54) is 0 Å². The van der Waals surface area contributed by atoms with Crippen LogP contribution in [0.1, 0.15) is 33.1 Å². The van der Waals surface area contributed by atoms with Crippen molar-refractivity contribution in [1.82, 2.24) is 5.32 Å². The van der Waals surface area contributed by atoms with Crippen molar-refractivity contribution >= 4 is 22.0 Å². The fourth-order valence-corrected chi connectivity index (χ4v) is 2.26. The van der Waals surface area contributed by atoms with Gasteiger partial charge in [0.25, 0.3) is 0 Å². The van der Waals surface area contributed by atoms with Crippen LogP contribution >= 0.6 is 0 Å². The number of nitrogens with one attached hydrogen (secondary N) is 1. The van der Waals surface area contributed by atoms with Crippen molar-refractivity contribution in [3.8, 4) is 0 Å². The average Bonchev–Trinajstić information content (AvgIpc) is 2.58. The smallest absolute Gasteiger partial charge is 0.412 e. The van der Waals surface area contributed by atoms with E-state index in [-0.39, 0.29) is 13.0 Å². The molecule has 182 valence electrons. The molecule has 0 aliphatic rings. The van der Waals surface area contributed by atoms with Crippen molar-refractivity contribution in [2.24, 2.45) is 0 Å². The fraction of sp³-hybridized carbons (Fsp3) is 0.733. The minimum atomic E-state index is -6.65. The Kier molecular flexibility index (Phi) is 9.49. The predicted molar refractivity (Wildman–Crippen MR) is 89.6 cm³/mol. The Morgan fingerprint density at radius 3 is 2.00 bits per heavy atom. The number of esters is 1. The molecule has 0 rings (SSSR count). The van der Waals surface area contributed by atoms with Crippen LogP contribution in [0.3, 0.4) is 0 Å². The highest BCUT2D eigenvalue weighted by atomic mass is 32.2. The molecule has 0 aromatic carbocycles. The Balaban J connectivity index is 5.96. The van der Waals surface area contributed by atoms with Crippen LogP contribution in [0.4, 0.5) is 30.7 Å². The molecule has 16 heteroatoms. The van der Waals surface area contributed by atoms with Crippen molar-refractivity contribution < 1.29 is 62.8 Å². The van der Waals surface area contributed by atoms with Gasteiger partial charge in [0.1, 0.15) is 0 Å². The topological polar surface area (TPSA) is 119 Å². The molecular formula is C15H20F7NO7S. The number of alkyl halides is 7. The Labute approximate surface area is 172 Å². The molecule has 1 amide bonds. The zero-order valence-corrected chi connectivity index (χ0v) is 17.0. The number of halogens is 7. The van der Waals surface area contributed by atoms with Crippen LogP contribution in [0.2, 0.25) is 0 Å². The Hall–Kier alpha value is -1.94. The molecule has 0 bridgehead atoms. The van der Waals surface area contributed by atoms with Gasteiger partial charge in [0.15, 0.2) is 0 Å². The Bertz CT molecular complexity index is 783. The van der Waals surface area contributed by atoms with Gasteiger partial charge in [0, 0.05) is 18.5 Å². The predicted octanol–water partition coefficient (Wildman–Crippen LogP) is 2.80. The molecule has 0 spiro atoms. The van der Waals surface area contributed by atoms with Crippen molar-refractivity contribution in [3.05, 3.63) is 12.2 Å². The second-order valence-electron chi connectivity index (χ2n) is 6.19. The summed E-state index contributed by atoms with van der Waals surface area (Å²) < 4.78 is 132. The van der Waals surface area contributed by atoms with Gasteiger partial charge in [-0.15, -0.1) is 0 Å². The molecule has 0 fully saturated rings. The number of carbonyl (C=O) groups excluding carboxylic acids is 2. The molecule has 0 saturated carbocycles. The summed E-state index contributed by atoms with van der Waals surface area (Å²) in [7, 11) is -6.65. The summed E-state index contributed by atoms with van der Waals surface area (Å²) in [4.78, 5) is 23.7. The van der Waals surface area contributed by atoms with E-state index in [2.05, 4.69) is 16.1 Å². The normalized spacial score (nSPS) is 15.2. The first-order valence-corrected chi connectivity index (χ1v) is 9.81. The van der Waals surface area contributed by atoms with Gasteiger partial charge in [-0.1, -0.05) is 19.9 Å². The lowest BCUT2D eigenvalue weighted by Gasteiger charge is -2.34. The van der Waals surface area contributed by atoms with Crippen LogP contribution in [0.5, 0.6) is 0 Å². The molecule has 0 heterocycles. The van der Waals surface area contributed by atoms with Crippen LogP contribution in [0, 0.1) is 0 Å². The maximum Gasteiger partial charge on any atom is 0.466 e. The maximum absolute atomic E-state index is 13.6. The van der Waals surface area contributed by atoms with E-state index in [1.807, 2.05) is 0 Å². The van der Waals surface area contributed by atoms with E-state index in [9.17, 15) is 48.7 Å². The number of amides is 1. The van der Waals surface area contributed by atoms with E-state index >= 15 is 0 Å². The monoisotopic (exact) mass is 491 g/mol. The zero-order valence-electron chi connectivity index (χ0n) is 16.2. The second-order valence-corrected chi connectivity index (χ2v) is 7.65. The van der Waals surface area contributed by atoms with E-state index in [1.54, 1.807) is 12.2 Å². The molecule has 1 atom stereocenters. The summed E-state index contributed by atoms with van der Waals surface area (Å²) in [5.41, 5.74) is -0.651. The van der Waals surface area contributed by atoms with Gasteiger partial charge < -0.3 is 14.8 Å². The number of unbranched alkanes of at least 4 members (excludes halogenated alkanes) is 1. The number of ether oxygens (including phenoxy) is 2. The molecule has 0 radical (unpaired) electrons. The van der Waals surface area contributed by atoms with Gasteiger partial charge in [0.2, 0.25) is 0 Å². The lowest BCUT2D eigenvalue weighted by molar-refractivity contribution is -0.349. The minimum Gasteiger partial charge on any atom is -0.412 e. The first-order valence-electron chi connectivity index (χ1n) is 8.37. The van der Waals surface area contributed by atoms with Crippen molar-refractivity contribution in [1.29, 1.82) is 0 Å². The van der Waals surface area contributed by atoms with Crippen molar-refractivity contribution in [3.63, 3.8) is 0 Å². The first kappa shape index (κ1) is 29.1. The maximum atomic E-state index is 13.6. The van der Waals surface area contributed by atoms with E-state index < -0.39 is 63.7 Å². The summed E-state index contributed by atoms with van der Waals surface area (Å²) in [6, 6.07) is 0. The number of hydrogen-bond acceptors (Lipinski definition) is 6. The van der Waals surface area contributed by atoms with E-state index in [0.717, 1.165) is 6.92 Å². The van der Waals surface area contributed by atoms with E-state index in [0.29, 0.717) is 6.42 Å². The lowest BCUT2D eigenvalue weighted by Crippen LogP contribution is -2.62. The van der Waals surface area contributed by atoms with Crippen LogP contribution in [0.15, 0.2) is 12.2 Å². The lowest BCUT2D eigenvalue weighted by atomic mass is 10.2. The number of hydrogen-bond donors (Lipinski definition) is 2.